The van der Waals surface area contributed by atoms with Gasteiger partial charge >= 0.3 is 6.18 Å². The number of alkyl halides is 3. The van der Waals surface area contributed by atoms with Crippen LogP contribution in [0.1, 0.15) is 33.1 Å². The maximum Gasteiger partial charge on any atom is 0.416 e. The Labute approximate surface area is 208 Å². The average molecular weight is 539 g/mol. The fraction of sp³-hybridized carbons (Fsp3) is 0.111. The number of nitriles is 1. The molecule has 4 nitrogen and oxygen atoms in total. The molecule has 0 amide bonds. The molecule has 4 aromatic rings. The van der Waals surface area contributed by atoms with Crippen LogP contribution in [0.2, 0.25) is 0 Å². The molecule has 0 bridgehead atoms. The van der Waals surface area contributed by atoms with Gasteiger partial charge in [-0.3, -0.25) is 4.79 Å². The van der Waals surface area contributed by atoms with Crippen LogP contribution in [0, 0.1) is 25.2 Å². The number of aromatic nitrogens is 1. The summed E-state index contributed by atoms with van der Waals surface area (Å²) in [5.74, 6) is 0.371. The summed E-state index contributed by atoms with van der Waals surface area (Å²) in [5, 5.41) is 9.67. The first-order chi connectivity index (χ1) is 16.6. The maximum atomic E-state index is 13.2. The normalized spacial score (nSPS) is 12.0. The summed E-state index contributed by atoms with van der Waals surface area (Å²) in [6.07, 6.45) is -3.13. The van der Waals surface area contributed by atoms with Gasteiger partial charge in [0.2, 0.25) is 5.78 Å². The summed E-state index contributed by atoms with van der Waals surface area (Å²) in [6.45, 7) is 3.32. The largest absolute Gasteiger partial charge is 0.457 e. The van der Waals surface area contributed by atoms with Gasteiger partial charge in [-0.15, -0.1) is 0 Å². The van der Waals surface area contributed by atoms with Crippen molar-refractivity contribution in [2.75, 3.05) is 0 Å². The molecule has 4 rings (SSSR count). The minimum absolute atomic E-state index is 0.147. The Bertz CT molecular complexity index is 1490. The van der Waals surface area contributed by atoms with Gasteiger partial charge in [0.25, 0.3) is 0 Å². The molecule has 0 aliphatic rings. The Hall–Kier alpha value is -3.83. The molecule has 0 N–H and O–H groups in total. The van der Waals surface area contributed by atoms with Crippen LogP contribution in [-0.2, 0) is 6.18 Å². The van der Waals surface area contributed by atoms with Crippen molar-refractivity contribution in [3.63, 3.8) is 0 Å². The average Bonchev–Trinajstić information content (AvgIpc) is 3.41. The molecular formula is C27H18BrF3N2O2. The Kier molecular flexibility index (Phi) is 6.55. The number of nitrogens with zero attached hydrogens (tertiary/aromatic N) is 2. The number of rotatable bonds is 5. The molecule has 0 atom stereocenters. The molecule has 0 saturated carbocycles. The second-order valence-electron chi connectivity index (χ2n) is 7.88. The summed E-state index contributed by atoms with van der Waals surface area (Å²) >= 11 is 3.38. The van der Waals surface area contributed by atoms with Gasteiger partial charge in [-0.2, -0.15) is 18.4 Å². The van der Waals surface area contributed by atoms with Crippen molar-refractivity contribution in [3.8, 4) is 23.1 Å². The molecule has 0 fully saturated rings. The van der Waals surface area contributed by atoms with Gasteiger partial charge in [-0.25, -0.2) is 0 Å². The topological polar surface area (TPSA) is 58.9 Å². The van der Waals surface area contributed by atoms with Gasteiger partial charge in [-0.1, -0.05) is 34.1 Å². The minimum Gasteiger partial charge on any atom is -0.457 e. The van der Waals surface area contributed by atoms with Gasteiger partial charge in [0, 0.05) is 38.8 Å². The number of allylic oxidation sites excluding steroid dienone is 1. The molecule has 35 heavy (non-hydrogen) atoms. The van der Waals surface area contributed by atoms with Gasteiger partial charge in [0.05, 0.1) is 5.56 Å². The van der Waals surface area contributed by atoms with E-state index in [-0.39, 0.29) is 16.8 Å². The van der Waals surface area contributed by atoms with Crippen LogP contribution in [0.3, 0.4) is 0 Å². The summed E-state index contributed by atoms with van der Waals surface area (Å²) in [6, 6.07) is 19.3. The van der Waals surface area contributed by atoms with E-state index in [1.165, 1.54) is 18.2 Å². The number of furan rings is 1. The van der Waals surface area contributed by atoms with Crippen LogP contribution in [0.5, 0.6) is 0 Å². The fourth-order valence-electron chi connectivity index (χ4n) is 3.85. The number of carbonyl (C=O) groups excluding carboxylic acids is 1. The summed E-state index contributed by atoms with van der Waals surface area (Å²) in [4.78, 5) is 13.2. The fourth-order valence-corrected chi connectivity index (χ4v) is 4.11. The summed E-state index contributed by atoms with van der Waals surface area (Å²) < 4.78 is 47.8. The number of hydrogen-bond donors (Lipinski definition) is 0. The van der Waals surface area contributed by atoms with Crippen LogP contribution in [0.25, 0.3) is 23.1 Å². The molecule has 0 aliphatic heterocycles. The molecular weight excluding hydrogens is 521 g/mol. The third-order valence-electron chi connectivity index (χ3n) is 5.51. The predicted molar refractivity (Wildman–Crippen MR) is 130 cm³/mol. The molecule has 0 unspecified atom stereocenters. The zero-order valence-electron chi connectivity index (χ0n) is 18.7. The predicted octanol–water partition coefficient (Wildman–Crippen LogP) is 7.93. The van der Waals surface area contributed by atoms with Crippen molar-refractivity contribution < 1.29 is 22.4 Å². The Balaban J connectivity index is 1.67. The second-order valence-corrected chi connectivity index (χ2v) is 8.79. The second kappa shape index (κ2) is 9.43. The maximum absolute atomic E-state index is 13.2. The van der Waals surface area contributed by atoms with Crippen LogP contribution in [-0.4, -0.2) is 10.4 Å². The summed E-state index contributed by atoms with van der Waals surface area (Å²) in [5.41, 5.74) is 1.41. The highest BCUT2D eigenvalue weighted by Gasteiger charge is 2.31. The van der Waals surface area contributed by atoms with Gasteiger partial charge in [-0.05, 0) is 62.4 Å². The SMILES string of the molecule is Cc1cc(C(=O)C(C#N)=Cc2ccc(-c3ccc(Br)cc3)o2)c(C)n1-c1cccc(C(F)(F)F)c1. The minimum atomic E-state index is -4.49. The third kappa shape index (κ3) is 5.00. The Morgan fingerprint density at radius 2 is 1.77 bits per heavy atom. The van der Waals surface area contributed by atoms with Crippen LogP contribution >= 0.6 is 15.9 Å². The van der Waals surface area contributed by atoms with Crippen molar-refractivity contribution in [2.24, 2.45) is 0 Å². The monoisotopic (exact) mass is 538 g/mol. The quantitative estimate of drug-likeness (QED) is 0.147. The van der Waals surface area contributed by atoms with Crippen molar-refractivity contribution in [3.05, 3.63) is 105 Å². The van der Waals surface area contributed by atoms with Crippen molar-refractivity contribution in [1.82, 2.24) is 4.57 Å². The number of halogens is 4. The smallest absolute Gasteiger partial charge is 0.416 e. The highest BCUT2D eigenvalue weighted by Crippen LogP contribution is 2.32. The van der Waals surface area contributed by atoms with E-state index in [0.29, 0.717) is 22.9 Å². The standard InChI is InChI=1S/C27H18BrF3N2O2/c1-16-12-24(17(2)33(16)22-5-3-4-20(14-22)27(29,30)31)26(34)19(15-32)13-23-10-11-25(35-23)18-6-8-21(28)9-7-18/h3-14H,1-2H3. The van der Waals surface area contributed by atoms with Gasteiger partial charge < -0.3 is 8.98 Å². The molecule has 0 aliphatic carbocycles. The lowest BCUT2D eigenvalue weighted by Crippen LogP contribution is -2.08. The molecule has 0 saturated heterocycles. The molecule has 8 heteroatoms. The highest BCUT2D eigenvalue weighted by atomic mass is 79.9. The van der Waals surface area contributed by atoms with Crippen molar-refractivity contribution in [1.29, 1.82) is 5.26 Å². The first-order valence-corrected chi connectivity index (χ1v) is 11.3. The number of aryl methyl sites for hydroxylation is 1. The molecule has 0 spiro atoms. The van der Waals surface area contributed by atoms with Gasteiger partial charge in [0.1, 0.15) is 23.2 Å². The lowest BCUT2D eigenvalue weighted by molar-refractivity contribution is -0.137. The van der Waals surface area contributed by atoms with Crippen molar-refractivity contribution >= 4 is 27.8 Å². The number of Topliss-reactive ketones (excluding diaryl/α,β-unsaturated/α-hetero) is 1. The zero-order valence-corrected chi connectivity index (χ0v) is 20.2. The van der Waals surface area contributed by atoms with E-state index in [4.69, 9.17) is 4.42 Å². The first-order valence-electron chi connectivity index (χ1n) is 10.5. The first kappa shape index (κ1) is 24.3. The van der Waals surface area contributed by atoms with E-state index in [1.54, 1.807) is 36.6 Å². The van der Waals surface area contributed by atoms with E-state index in [0.717, 1.165) is 22.2 Å². The number of carbonyl (C=O) groups is 1. The molecule has 2 heterocycles. The van der Waals surface area contributed by atoms with Crippen molar-refractivity contribution in [2.45, 2.75) is 20.0 Å². The van der Waals surface area contributed by atoms with E-state index >= 15 is 0 Å². The van der Waals surface area contributed by atoms with Crippen LogP contribution < -0.4 is 0 Å². The number of benzene rings is 2. The Morgan fingerprint density at radius 3 is 2.43 bits per heavy atom. The van der Waals surface area contributed by atoms with Crippen LogP contribution in [0.4, 0.5) is 13.2 Å². The van der Waals surface area contributed by atoms with E-state index in [2.05, 4.69) is 15.9 Å². The van der Waals surface area contributed by atoms with E-state index in [1.807, 2.05) is 30.3 Å². The Morgan fingerprint density at radius 1 is 1.06 bits per heavy atom. The molecule has 0 radical (unpaired) electrons. The highest BCUT2D eigenvalue weighted by molar-refractivity contribution is 9.10. The lowest BCUT2D eigenvalue weighted by Gasteiger charge is -2.13. The number of ketones is 1. The zero-order chi connectivity index (χ0) is 25.3. The molecule has 2 aromatic carbocycles. The third-order valence-corrected chi connectivity index (χ3v) is 6.04. The molecule has 176 valence electrons. The molecule has 2 aromatic heterocycles. The number of hydrogen-bond acceptors (Lipinski definition) is 3. The lowest BCUT2D eigenvalue weighted by atomic mass is 10.0. The van der Waals surface area contributed by atoms with E-state index in [9.17, 15) is 23.2 Å². The van der Waals surface area contributed by atoms with Gasteiger partial charge in [0.15, 0.2) is 0 Å². The van der Waals surface area contributed by atoms with Crippen LogP contribution in [0.15, 0.2) is 81.2 Å². The van der Waals surface area contributed by atoms with E-state index < -0.39 is 17.5 Å². The summed E-state index contributed by atoms with van der Waals surface area (Å²) in [7, 11) is 0.